The molecule has 10 heavy (non-hydrogen) atoms. The molecule has 1 rings (SSSR count). The van der Waals surface area contributed by atoms with Gasteiger partial charge in [-0.25, -0.2) is 0 Å². The third-order valence-electron chi connectivity index (χ3n) is 0.406. The molecule has 1 N–H and O–H groups in total. The summed E-state index contributed by atoms with van der Waals surface area (Å²) in [6.07, 6.45) is 3.46. The van der Waals surface area contributed by atoms with Crippen LogP contribution in [0.15, 0.2) is 18.5 Å². The van der Waals surface area contributed by atoms with Gasteiger partial charge in [-0.15, -0.1) is 0 Å². The SMILES string of the molecule is [Ni+3].[O-]B([O-])[O-].c1cn[nH]c1. The van der Waals surface area contributed by atoms with Gasteiger partial charge in [-0.2, -0.15) is 5.10 Å². The van der Waals surface area contributed by atoms with Gasteiger partial charge in [-0.05, 0) is 6.07 Å². The van der Waals surface area contributed by atoms with Crippen molar-refractivity contribution in [3.8, 4) is 0 Å². The van der Waals surface area contributed by atoms with Crippen molar-refractivity contribution in [2.24, 2.45) is 0 Å². The summed E-state index contributed by atoms with van der Waals surface area (Å²) in [6.45, 7) is 0. The number of hydrogen-bond donors (Lipinski definition) is 1. The largest absolute Gasteiger partial charge is 3.00 e. The zero-order chi connectivity index (χ0) is 7.11. The second kappa shape index (κ2) is 8.65. The van der Waals surface area contributed by atoms with Gasteiger partial charge in [0.15, 0.2) is 0 Å². The molecule has 0 saturated carbocycles. The molecule has 1 aromatic heterocycles. The zero-order valence-electron chi connectivity index (χ0n) is 4.80. The van der Waals surface area contributed by atoms with E-state index in [1.165, 1.54) is 0 Å². The van der Waals surface area contributed by atoms with Crippen molar-refractivity contribution in [2.45, 2.75) is 0 Å². The summed E-state index contributed by atoms with van der Waals surface area (Å²) in [6, 6.07) is 1.83. The van der Waals surface area contributed by atoms with Crippen molar-refractivity contribution in [3.05, 3.63) is 18.5 Å². The number of nitrogens with one attached hydrogen (secondary N) is 1. The van der Waals surface area contributed by atoms with Crippen LogP contribution in [0.3, 0.4) is 0 Å². The molecule has 0 aliphatic rings. The fourth-order valence-electron chi connectivity index (χ4n) is 0.215. The van der Waals surface area contributed by atoms with Gasteiger partial charge < -0.3 is 15.1 Å². The van der Waals surface area contributed by atoms with Crippen molar-refractivity contribution in [2.75, 3.05) is 0 Å². The summed E-state index contributed by atoms with van der Waals surface area (Å²) in [4.78, 5) is 0. The Balaban J connectivity index is 0. The van der Waals surface area contributed by atoms with Gasteiger partial charge in [0.2, 0.25) is 0 Å². The van der Waals surface area contributed by atoms with Gasteiger partial charge in [-0.1, -0.05) is 0 Å². The van der Waals surface area contributed by atoms with Crippen LogP contribution in [0.2, 0.25) is 0 Å². The topological polar surface area (TPSA) is 97.9 Å². The molecule has 1 aromatic rings. The summed E-state index contributed by atoms with van der Waals surface area (Å²) in [5.74, 6) is 0. The second-order valence-electron chi connectivity index (χ2n) is 1.06. The fraction of sp³-hybridized carbons (Fsp3) is 0. The van der Waals surface area contributed by atoms with Crippen LogP contribution in [-0.4, -0.2) is 17.5 Å². The van der Waals surface area contributed by atoms with E-state index in [1.807, 2.05) is 6.07 Å². The normalized spacial score (nSPS) is 6.70. The van der Waals surface area contributed by atoms with Crippen molar-refractivity contribution in [1.29, 1.82) is 0 Å². The van der Waals surface area contributed by atoms with E-state index in [1.54, 1.807) is 12.4 Å². The Kier molecular flexibility index (Phi) is 10.7. The molecule has 0 atom stereocenters. The number of rotatable bonds is 0. The molecule has 0 amide bonds. The maximum atomic E-state index is 8.42. The van der Waals surface area contributed by atoms with Gasteiger partial charge in [0.05, 0.1) is 0 Å². The molecule has 0 bridgehead atoms. The fourth-order valence-corrected chi connectivity index (χ4v) is 0.215. The van der Waals surface area contributed by atoms with Crippen LogP contribution in [0.25, 0.3) is 0 Å². The Morgan fingerprint density at radius 1 is 1.30 bits per heavy atom. The number of nitrogens with zero attached hydrogens (tertiary/aromatic N) is 1. The van der Waals surface area contributed by atoms with E-state index in [4.69, 9.17) is 15.1 Å². The summed E-state index contributed by atoms with van der Waals surface area (Å²) in [5, 5.41) is 31.5. The smallest absolute Gasteiger partial charge is 0.907 e. The van der Waals surface area contributed by atoms with E-state index < -0.39 is 7.32 Å². The van der Waals surface area contributed by atoms with Crippen molar-refractivity contribution < 1.29 is 31.6 Å². The Bertz CT molecular complexity index is 105. The number of aromatic amines is 1. The Morgan fingerprint density at radius 3 is 1.90 bits per heavy atom. The number of H-pyrrole nitrogens is 1. The van der Waals surface area contributed by atoms with Gasteiger partial charge in [0, 0.05) is 12.4 Å². The maximum Gasteiger partial charge on any atom is 3.00 e. The first-order chi connectivity index (χ1) is 4.23. The van der Waals surface area contributed by atoms with Crippen LogP contribution in [0.5, 0.6) is 0 Å². The van der Waals surface area contributed by atoms with Crippen LogP contribution in [0, 0.1) is 0 Å². The second-order valence-corrected chi connectivity index (χ2v) is 1.06. The number of hydrogen-bond acceptors (Lipinski definition) is 4. The molecule has 0 aliphatic heterocycles. The van der Waals surface area contributed by atoms with Gasteiger partial charge in [-0.3, -0.25) is 12.4 Å². The Labute approximate surface area is 68.2 Å². The van der Waals surface area contributed by atoms with Gasteiger partial charge in [0.25, 0.3) is 0 Å². The van der Waals surface area contributed by atoms with E-state index in [-0.39, 0.29) is 16.5 Å². The summed E-state index contributed by atoms with van der Waals surface area (Å²) < 4.78 is 0. The minimum atomic E-state index is -2.92. The van der Waals surface area contributed by atoms with Gasteiger partial charge in [0.1, 0.15) is 0 Å². The molecular formula is C3H4BN2NiO3. The van der Waals surface area contributed by atoms with Crippen LogP contribution >= 0.6 is 0 Å². The van der Waals surface area contributed by atoms with E-state index in [9.17, 15) is 0 Å². The van der Waals surface area contributed by atoms with E-state index in [0.717, 1.165) is 0 Å². The third kappa shape index (κ3) is 15.6. The molecule has 7 heteroatoms. The minimum absolute atomic E-state index is 0. The Hall–Kier alpha value is -0.352. The summed E-state index contributed by atoms with van der Waals surface area (Å²) in [7, 11) is -2.92. The average Bonchev–Trinajstić information content (AvgIpc) is 2.11. The summed E-state index contributed by atoms with van der Waals surface area (Å²) >= 11 is 0. The van der Waals surface area contributed by atoms with E-state index in [0.29, 0.717) is 0 Å². The predicted molar refractivity (Wildman–Crippen MR) is 24.3 cm³/mol. The molecule has 0 saturated heterocycles. The first kappa shape index (κ1) is 12.3. The average molecular weight is 186 g/mol. The van der Waals surface area contributed by atoms with E-state index in [2.05, 4.69) is 10.2 Å². The molecule has 0 spiro atoms. The van der Waals surface area contributed by atoms with Gasteiger partial charge >= 0.3 is 16.5 Å². The van der Waals surface area contributed by atoms with Crippen molar-refractivity contribution in [1.82, 2.24) is 10.2 Å². The van der Waals surface area contributed by atoms with Crippen molar-refractivity contribution in [3.63, 3.8) is 0 Å². The predicted octanol–water partition coefficient (Wildman–Crippen LogP) is -3.54. The molecule has 57 valence electrons. The first-order valence-electron chi connectivity index (χ1n) is 2.14. The molecule has 1 radical (unpaired) electrons. The van der Waals surface area contributed by atoms with Crippen LogP contribution in [-0.2, 0) is 16.5 Å². The van der Waals surface area contributed by atoms with Crippen LogP contribution < -0.4 is 15.1 Å². The number of aromatic nitrogens is 2. The minimum Gasteiger partial charge on any atom is -0.907 e. The molecule has 0 aromatic carbocycles. The third-order valence-corrected chi connectivity index (χ3v) is 0.406. The molecule has 1 heterocycles. The van der Waals surface area contributed by atoms with Crippen molar-refractivity contribution >= 4 is 7.32 Å². The quantitative estimate of drug-likeness (QED) is 0.424. The molecule has 0 aliphatic carbocycles. The monoisotopic (exact) mass is 185 g/mol. The summed E-state index contributed by atoms with van der Waals surface area (Å²) in [5.41, 5.74) is 0. The molecular weight excluding hydrogens is 182 g/mol. The van der Waals surface area contributed by atoms with E-state index >= 15 is 0 Å². The molecule has 5 nitrogen and oxygen atoms in total. The molecule has 0 unspecified atom stereocenters. The zero-order valence-corrected chi connectivity index (χ0v) is 5.79. The molecule has 0 fully saturated rings. The standard InChI is InChI=1S/C3H4N2.BO3.Ni/c1-2-4-5-3-1;2-1(3)4;/h1-3H,(H,4,5);;/q;-3;+3. The van der Waals surface area contributed by atoms with Crippen LogP contribution in [0.4, 0.5) is 0 Å². The Morgan fingerprint density at radius 2 is 1.80 bits per heavy atom. The first-order valence-corrected chi connectivity index (χ1v) is 2.14. The van der Waals surface area contributed by atoms with Crippen LogP contribution in [0.1, 0.15) is 0 Å². The maximum absolute atomic E-state index is 8.42.